The Labute approximate surface area is 107 Å². The number of carboxylic acid groups (broad SMARTS) is 1. The van der Waals surface area contributed by atoms with Gasteiger partial charge in [0.25, 0.3) is 0 Å². The van der Waals surface area contributed by atoms with Crippen LogP contribution in [0.5, 0.6) is 5.75 Å². The second kappa shape index (κ2) is 4.48. The van der Waals surface area contributed by atoms with E-state index in [1.807, 2.05) is 0 Å². The molecule has 4 nitrogen and oxygen atoms in total. The van der Waals surface area contributed by atoms with E-state index in [0.717, 1.165) is 24.0 Å². The number of halogens is 1. The summed E-state index contributed by atoms with van der Waals surface area (Å²) in [4.78, 5) is 11.1. The molecule has 1 aromatic carbocycles. The Kier molecular flexibility index (Phi) is 3.22. The van der Waals surface area contributed by atoms with Crippen LogP contribution in [-0.2, 0) is 10.8 Å². The van der Waals surface area contributed by atoms with Gasteiger partial charge in [0.2, 0.25) is 0 Å². The minimum Gasteiger partial charge on any atom is -0.492 e. The number of carboxylic acids is 1. The van der Waals surface area contributed by atoms with Crippen molar-refractivity contribution in [2.75, 3.05) is 12.3 Å². The van der Waals surface area contributed by atoms with Gasteiger partial charge in [-0.15, -0.1) is 0 Å². The van der Waals surface area contributed by atoms with Gasteiger partial charge in [-0.25, -0.2) is 4.79 Å². The van der Waals surface area contributed by atoms with E-state index >= 15 is 0 Å². The molecule has 0 saturated carbocycles. The molecule has 1 aromatic rings. The molecule has 1 heterocycles. The lowest BCUT2D eigenvalue weighted by atomic mass is 9.97. The number of nitrogen functional groups attached to an aromatic ring is 1. The predicted octanol–water partition coefficient (Wildman–Crippen LogP) is 2.23. The molecule has 5 heteroatoms. The van der Waals surface area contributed by atoms with Crippen molar-refractivity contribution in [3.05, 3.63) is 22.8 Å². The molecule has 0 bridgehead atoms. The van der Waals surface area contributed by atoms with Crippen LogP contribution in [0, 0.1) is 0 Å². The molecule has 0 unspecified atom stereocenters. The quantitative estimate of drug-likeness (QED) is 0.495. The van der Waals surface area contributed by atoms with E-state index in [9.17, 15) is 4.79 Å². The third-order valence-electron chi connectivity index (χ3n) is 2.70. The zero-order valence-electron chi connectivity index (χ0n) is 8.62. The lowest BCUT2D eigenvalue weighted by Crippen LogP contribution is -2.16. The summed E-state index contributed by atoms with van der Waals surface area (Å²) in [5, 5.41) is 9.13. The Morgan fingerprint density at radius 3 is 3.00 bits per heavy atom. The van der Waals surface area contributed by atoms with Crippen LogP contribution in [-0.4, -0.2) is 17.7 Å². The summed E-state index contributed by atoms with van der Waals surface area (Å²) in [6.07, 6.45) is 1.69. The van der Waals surface area contributed by atoms with Crippen molar-refractivity contribution in [3.63, 3.8) is 0 Å². The molecular weight excluding hydrogens is 321 g/mol. The molecule has 2 rings (SSSR count). The minimum absolute atomic E-state index is 0.232. The molecular formula is C11H12INO3. The molecule has 16 heavy (non-hydrogen) atoms. The zero-order valence-corrected chi connectivity index (χ0v) is 10.8. The van der Waals surface area contributed by atoms with Crippen LogP contribution in [0.4, 0.5) is 5.69 Å². The van der Waals surface area contributed by atoms with Gasteiger partial charge >= 0.3 is 5.97 Å². The fourth-order valence-electron chi connectivity index (χ4n) is 1.90. The summed E-state index contributed by atoms with van der Waals surface area (Å²) in [7, 11) is 0. The number of hydrogen-bond acceptors (Lipinski definition) is 3. The van der Waals surface area contributed by atoms with Crippen LogP contribution in [0.2, 0.25) is 0 Å². The number of anilines is 1. The summed E-state index contributed by atoms with van der Waals surface area (Å²) in [6, 6.07) is 1.62. The fraction of sp³-hybridized carbons (Fsp3) is 0.364. The molecule has 86 valence electrons. The van der Waals surface area contributed by atoms with Gasteiger partial charge in [-0.2, -0.15) is 0 Å². The van der Waals surface area contributed by atoms with Crippen molar-refractivity contribution in [2.24, 2.45) is 0 Å². The first-order chi connectivity index (χ1) is 7.65. The molecule has 3 N–H and O–H groups in total. The Morgan fingerprint density at radius 1 is 1.62 bits per heavy atom. The maximum Gasteiger partial charge on any atom is 0.339 e. The molecule has 1 aliphatic rings. The summed E-state index contributed by atoms with van der Waals surface area (Å²) in [6.45, 7) is 0.566. The number of hydrogen-bond donors (Lipinski definition) is 2. The van der Waals surface area contributed by atoms with Gasteiger partial charge in [0, 0.05) is 15.7 Å². The van der Waals surface area contributed by atoms with Gasteiger partial charge in [-0.05, 0) is 24.5 Å². The van der Waals surface area contributed by atoms with Gasteiger partial charge in [-0.3, -0.25) is 0 Å². The highest BCUT2D eigenvalue weighted by molar-refractivity contribution is 14.1. The van der Waals surface area contributed by atoms with E-state index < -0.39 is 5.97 Å². The highest BCUT2D eigenvalue weighted by Crippen LogP contribution is 2.36. The summed E-state index contributed by atoms with van der Waals surface area (Å²) >= 11 is 2.18. The van der Waals surface area contributed by atoms with Crippen molar-refractivity contribution < 1.29 is 14.6 Å². The van der Waals surface area contributed by atoms with E-state index in [2.05, 4.69) is 22.6 Å². The third-order valence-corrected chi connectivity index (χ3v) is 3.52. The van der Waals surface area contributed by atoms with Crippen molar-refractivity contribution >= 4 is 34.2 Å². The topological polar surface area (TPSA) is 72.6 Å². The lowest BCUT2D eigenvalue weighted by Gasteiger charge is -2.22. The van der Waals surface area contributed by atoms with Gasteiger partial charge in [0.15, 0.2) is 0 Å². The van der Waals surface area contributed by atoms with Gasteiger partial charge in [0.05, 0.1) is 6.61 Å². The summed E-state index contributed by atoms with van der Waals surface area (Å²) in [5.74, 6) is -0.492. The van der Waals surface area contributed by atoms with Gasteiger partial charge < -0.3 is 15.6 Å². The number of rotatable bonds is 2. The highest BCUT2D eigenvalue weighted by Gasteiger charge is 2.23. The van der Waals surface area contributed by atoms with Gasteiger partial charge in [0.1, 0.15) is 11.3 Å². The maximum absolute atomic E-state index is 11.1. The van der Waals surface area contributed by atoms with Crippen LogP contribution in [0.15, 0.2) is 6.07 Å². The standard InChI is InChI=1S/C11H12INO3/c12-5-6-4-8(11(14)15)10-7(9(6)13)2-1-3-16-10/h4H,1-3,5,13H2,(H,14,15). The average Bonchev–Trinajstić information content (AvgIpc) is 2.29. The SMILES string of the molecule is Nc1c(CI)cc(C(=O)O)c2c1CCCO2. The van der Waals surface area contributed by atoms with Crippen molar-refractivity contribution in [1.29, 1.82) is 0 Å². The number of carbonyl (C=O) groups is 1. The Balaban J connectivity index is 2.66. The Morgan fingerprint density at radius 2 is 2.38 bits per heavy atom. The first-order valence-electron chi connectivity index (χ1n) is 5.01. The van der Waals surface area contributed by atoms with E-state index in [0.29, 0.717) is 22.5 Å². The summed E-state index contributed by atoms with van der Waals surface area (Å²) in [5.41, 5.74) is 8.66. The second-order valence-corrected chi connectivity index (χ2v) is 4.46. The van der Waals surface area contributed by atoms with E-state index in [4.69, 9.17) is 15.6 Å². The van der Waals surface area contributed by atoms with Crippen LogP contribution in [0.1, 0.15) is 27.9 Å². The maximum atomic E-state index is 11.1. The fourth-order valence-corrected chi connectivity index (χ4v) is 2.53. The van der Waals surface area contributed by atoms with Crippen LogP contribution in [0.25, 0.3) is 0 Å². The van der Waals surface area contributed by atoms with E-state index in [1.54, 1.807) is 6.07 Å². The number of aromatic carboxylic acids is 1. The van der Waals surface area contributed by atoms with E-state index in [1.165, 1.54) is 0 Å². The van der Waals surface area contributed by atoms with Crippen molar-refractivity contribution in [2.45, 2.75) is 17.3 Å². The first-order valence-corrected chi connectivity index (χ1v) is 6.54. The van der Waals surface area contributed by atoms with Crippen LogP contribution in [0.3, 0.4) is 0 Å². The smallest absolute Gasteiger partial charge is 0.339 e. The normalized spacial score (nSPS) is 14.1. The molecule has 0 amide bonds. The predicted molar refractivity (Wildman–Crippen MR) is 69.4 cm³/mol. The molecule has 0 fully saturated rings. The van der Waals surface area contributed by atoms with Crippen LogP contribution >= 0.6 is 22.6 Å². The molecule has 0 radical (unpaired) electrons. The lowest BCUT2D eigenvalue weighted by molar-refractivity contribution is 0.0691. The highest BCUT2D eigenvalue weighted by atomic mass is 127. The average molecular weight is 333 g/mol. The number of alkyl halides is 1. The number of nitrogens with two attached hydrogens (primary N) is 1. The number of benzene rings is 1. The molecule has 0 aliphatic carbocycles. The van der Waals surface area contributed by atoms with Crippen molar-refractivity contribution in [3.8, 4) is 5.75 Å². The minimum atomic E-state index is -0.954. The van der Waals surface area contributed by atoms with E-state index in [-0.39, 0.29) is 5.56 Å². The Hall–Kier alpha value is -0.980. The molecule has 1 aliphatic heterocycles. The zero-order chi connectivity index (χ0) is 11.7. The number of ether oxygens (including phenoxy) is 1. The molecule has 0 spiro atoms. The largest absolute Gasteiger partial charge is 0.492 e. The summed E-state index contributed by atoms with van der Waals surface area (Å²) < 4.78 is 6.14. The second-order valence-electron chi connectivity index (χ2n) is 3.70. The first kappa shape index (κ1) is 11.5. The van der Waals surface area contributed by atoms with Gasteiger partial charge in [-0.1, -0.05) is 22.6 Å². The molecule has 0 aromatic heterocycles. The third kappa shape index (κ3) is 1.83. The molecule has 0 saturated heterocycles. The van der Waals surface area contributed by atoms with Crippen LogP contribution < -0.4 is 10.5 Å². The Bertz CT molecular complexity index is 445. The monoisotopic (exact) mass is 333 g/mol. The van der Waals surface area contributed by atoms with Crippen molar-refractivity contribution in [1.82, 2.24) is 0 Å². The molecule has 0 atom stereocenters. The number of fused-ring (bicyclic) bond motifs is 1.